The normalized spacial score (nSPS) is 11.4. The minimum atomic E-state index is 0.471. The van der Waals surface area contributed by atoms with E-state index in [9.17, 15) is 0 Å². The van der Waals surface area contributed by atoms with Gasteiger partial charge in [0.05, 0.1) is 0 Å². The van der Waals surface area contributed by atoms with Gasteiger partial charge in [-0.15, -0.1) is 0 Å². The lowest BCUT2D eigenvalue weighted by Crippen LogP contribution is -1.84. The number of benzene rings is 1. The van der Waals surface area contributed by atoms with Gasteiger partial charge in [-0.25, -0.2) is 4.98 Å². The van der Waals surface area contributed by atoms with Crippen molar-refractivity contribution in [2.45, 2.75) is 24.3 Å². The second kappa shape index (κ2) is 3.83. The predicted octanol–water partition coefficient (Wildman–Crippen LogP) is 3.98. The summed E-state index contributed by atoms with van der Waals surface area (Å²) in [6.07, 6.45) is 0. The van der Waals surface area contributed by atoms with Crippen LogP contribution in [-0.2, 0) is 0 Å². The Kier molecular flexibility index (Phi) is 2.70. The Bertz CT molecular complexity index is 452. The van der Waals surface area contributed by atoms with Crippen molar-refractivity contribution in [2.75, 3.05) is 0 Å². The maximum Gasteiger partial charge on any atom is 0.256 e. The van der Waals surface area contributed by atoms with Crippen LogP contribution in [0.5, 0.6) is 0 Å². The molecule has 74 valence electrons. The molecular formula is C10H10ClNOS. The fraction of sp³-hybridized carbons (Fsp3) is 0.300. The molecule has 2 nitrogen and oxygen atoms in total. The van der Waals surface area contributed by atoms with Crippen LogP contribution < -0.4 is 0 Å². The number of hydrogen-bond donors (Lipinski definition) is 0. The lowest BCUT2D eigenvalue weighted by molar-refractivity contribution is 0.488. The molecule has 0 saturated carbocycles. The molecule has 0 radical (unpaired) electrons. The van der Waals surface area contributed by atoms with Crippen molar-refractivity contribution in [1.82, 2.24) is 4.98 Å². The molecule has 14 heavy (non-hydrogen) atoms. The molecular weight excluding hydrogens is 218 g/mol. The molecule has 0 spiro atoms. The van der Waals surface area contributed by atoms with Crippen molar-refractivity contribution < 1.29 is 4.42 Å². The average Bonchev–Trinajstić information content (AvgIpc) is 2.44. The quantitative estimate of drug-likeness (QED) is 0.726. The van der Waals surface area contributed by atoms with E-state index >= 15 is 0 Å². The van der Waals surface area contributed by atoms with E-state index in [1.165, 1.54) is 0 Å². The van der Waals surface area contributed by atoms with Crippen LogP contribution in [0.3, 0.4) is 0 Å². The van der Waals surface area contributed by atoms with Gasteiger partial charge < -0.3 is 4.42 Å². The van der Waals surface area contributed by atoms with Gasteiger partial charge in [0.1, 0.15) is 5.52 Å². The van der Waals surface area contributed by atoms with Gasteiger partial charge in [0.2, 0.25) is 0 Å². The zero-order chi connectivity index (χ0) is 10.1. The number of halogens is 1. The number of fused-ring (bicyclic) bond motifs is 1. The molecule has 1 aromatic heterocycles. The zero-order valence-electron chi connectivity index (χ0n) is 7.95. The molecule has 0 bridgehead atoms. The van der Waals surface area contributed by atoms with E-state index in [0.29, 0.717) is 15.5 Å². The van der Waals surface area contributed by atoms with E-state index in [0.717, 1.165) is 11.1 Å². The van der Waals surface area contributed by atoms with Gasteiger partial charge in [0.15, 0.2) is 5.58 Å². The summed E-state index contributed by atoms with van der Waals surface area (Å²) in [4.78, 5) is 4.33. The molecule has 0 saturated heterocycles. The summed E-state index contributed by atoms with van der Waals surface area (Å²) in [7, 11) is 0. The fourth-order valence-corrected chi connectivity index (χ4v) is 1.99. The maximum atomic E-state index is 5.85. The molecule has 0 unspecified atom stereocenters. The first-order valence-electron chi connectivity index (χ1n) is 4.38. The van der Waals surface area contributed by atoms with Crippen LogP contribution >= 0.6 is 23.4 Å². The number of hydrogen-bond acceptors (Lipinski definition) is 3. The predicted molar refractivity (Wildman–Crippen MR) is 60.0 cm³/mol. The van der Waals surface area contributed by atoms with Gasteiger partial charge in [0.25, 0.3) is 5.22 Å². The third-order valence-corrected chi connectivity index (χ3v) is 2.75. The van der Waals surface area contributed by atoms with E-state index in [2.05, 4.69) is 18.8 Å². The molecule has 0 aliphatic rings. The average molecular weight is 228 g/mol. The number of rotatable bonds is 2. The fourth-order valence-electron chi connectivity index (χ4n) is 1.13. The third-order valence-electron chi connectivity index (χ3n) is 1.67. The summed E-state index contributed by atoms with van der Waals surface area (Å²) in [5, 5.41) is 1.86. The standard InChI is InChI=1S/C10H10ClNOS/c1-6(2)14-10-12-8-5-7(11)3-4-9(8)13-10/h3-6H,1-2H3. The van der Waals surface area contributed by atoms with E-state index in [-0.39, 0.29) is 0 Å². The first kappa shape index (κ1) is 9.87. The Hall–Kier alpha value is -0.670. The minimum absolute atomic E-state index is 0.471. The summed E-state index contributed by atoms with van der Waals surface area (Å²) in [6, 6.07) is 5.46. The third kappa shape index (κ3) is 2.04. The van der Waals surface area contributed by atoms with Crippen molar-refractivity contribution in [3.05, 3.63) is 23.2 Å². The summed E-state index contributed by atoms with van der Waals surface area (Å²) in [5.74, 6) is 0. The molecule has 4 heteroatoms. The van der Waals surface area contributed by atoms with Crippen molar-refractivity contribution >= 4 is 34.5 Å². The van der Waals surface area contributed by atoms with Crippen molar-refractivity contribution in [3.63, 3.8) is 0 Å². The Morgan fingerprint density at radius 2 is 2.21 bits per heavy atom. The van der Waals surface area contributed by atoms with E-state index in [4.69, 9.17) is 16.0 Å². The zero-order valence-corrected chi connectivity index (χ0v) is 9.52. The Morgan fingerprint density at radius 1 is 1.43 bits per heavy atom. The van der Waals surface area contributed by atoms with Crippen LogP contribution in [0.25, 0.3) is 11.1 Å². The second-order valence-electron chi connectivity index (χ2n) is 3.26. The highest BCUT2D eigenvalue weighted by molar-refractivity contribution is 7.99. The Morgan fingerprint density at radius 3 is 2.93 bits per heavy atom. The SMILES string of the molecule is CC(C)Sc1nc2cc(Cl)ccc2o1. The molecule has 0 N–H and O–H groups in total. The van der Waals surface area contributed by atoms with Crippen LogP contribution in [0.2, 0.25) is 5.02 Å². The van der Waals surface area contributed by atoms with Crippen molar-refractivity contribution in [2.24, 2.45) is 0 Å². The van der Waals surface area contributed by atoms with Crippen LogP contribution in [0.1, 0.15) is 13.8 Å². The number of oxazole rings is 1. The highest BCUT2D eigenvalue weighted by atomic mass is 35.5. The number of aromatic nitrogens is 1. The van der Waals surface area contributed by atoms with Crippen LogP contribution in [0.4, 0.5) is 0 Å². The summed E-state index contributed by atoms with van der Waals surface area (Å²) < 4.78 is 5.53. The molecule has 1 heterocycles. The summed E-state index contributed by atoms with van der Waals surface area (Å²) >= 11 is 7.45. The van der Waals surface area contributed by atoms with Gasteiger partial charge >= 0.3 is 0 Å². The van der Waals surface area contributed by atoms with Crippen molar-refractivity contribution in [1.29, 1.82) is 0 Å². The molecule has 0 fully saturated rings. The van der Waals surface area contributed by atoms with E-state index in [1.807, 2.05) is 12.1 Å². The lowest BCUT2D eigenvalue weighted by atomic mass is 10.3. The molecule has 2 aromatic rings. The van der Waals surface area contributed by atoms with Gasteiger partial charge in [-0.3, -0.25) is 0 Å². The monoisotopic (exact) mass is 227 g/mol. The van der Waals surface area contributed by atoms with Crippen LogP contribution in [-0.4, -0.2) is 10.2 Å². The smallest absolute Gasteiger partial charge is 0.256 e. The van der Waals surface area contributed by atoms with Crippen LogP contribution in [0.15, 0.2) is 27.8 Å². The van der Waals surface area contributed by atoms with Crippen LogP contribution in [0, 0.1) is 0 Å². The largest absolute Gasteiger partial charge is 0.431 e. The Balaban J connectivity index is 2.41. The number of thioether (sulfide) groups is 1. The summed E-state index contributed by atoms with van der Waals surface area (Å²) in [6.45, 7) is 4.21. The minimum Gasteiger partial charge on any atom is -0.431 e. The first-order valence-corrected chi connectivity index (χ1v) is 5.63. The number of nitrogens with zero attached hydrogens (tertiary/aromatic N) is 1. The molecule has 1 aromatic carbocycles. The molecule has 0 aliphatic heterocycles. The Labute approximate surface area is 91.6 Å². The van der Waals surface area contributed by atoms with Gasteiger partial charge in [-0.1, -0.05) is 37.2 Å². The second-order valence-corrected chi connectivity index (χ2v) is 5.22. The van der Waals surface area contributed by atoms with Crippen molar-refractivity contribution in [3.8, 4) is 0 Å². The van der Waals surface area contributed by atoms with E-state index in [1.54, 1.807) is 17.8 Å². The molecule has 0 atom stereocenters. The highest BCUT2D eigenvalue weighted by Gasteiger charge is 2.07. The molecule has 2 rings (SSSR count). The van der Waals surface area contributed by atoms with Gasteiger partial charge in [-0.2, -0.15) is 0 Å². The lowest BCUT2D eigenvalue weighted by Gasteiger charge is -1.96. The van der Waals surface area contributed by atoms with Gasteiger partial charge in [0, 0.05) is 10.3 Å². The maximum absolute atomic E-state index is 5.85. The summed E-state index contributed by atoms with van der Waals surface area (Å²) in [5.41, 5.74) is 1.61. The first-order chi connectivity index (χ1) is 6.65. The van der Waals surface area contributed by atoms with E-state index < -0.39 is 0 Å². The molecule has 0 aliphatic carbocycles. The van der Waals surface area contributed by atoms with Gasteiger partial charge in [-0.05, 0) is 18.2 Å². The molecule has 0 amide bonds. The topological polar surface area (TPSA) is 26.0 Å². The highest BCUT2D eigenvalue weighted by Crippen LogP contribution is 2.27.